The van der Waals surface area contributed by atoms with Crippen LogP contribution < -0.4 is 24.4 Å². The van der Waals surface area contributed by atoms with Crippen LogP contribution in [0.2, 0.25) is 0 Å². The van der Waals surface area contributed by atoms with E-state index < -0.39 is 16.8 Å². The molecule has 11 heteroatoms. The molecule has 0 aliphatic carbocycles. The summed E-state index contributed by atoms with van der Waals surface area (Å²) in [6, 6.07) is 16.8. The Hall–Kier alpha value is -4.93. The predicted octanol–water partition coefficient (Wildman–Crippen LogP) is 4.14. The Labute approximate surface area is 212 Å². The second-order valence-corrected chi connectivity index (χ2v) is 7.29. The summed E-state index contributed by atoms with van der Waals surface area (Å²) in [6.07, 6.45) is 1.40. The lowest BCUT2D eigenvalue weighted by Crippen LogP contribution is -2.24. The molecule has 3 aromatic rings. The predicted molar refractivity (Wildman–Crippen MR) is 135 cm³/mol. The van der Waals surface area contributed by atoms with Gasteiger partial charge >= 0.3 is 5.97 Å². The highest BCUT2D eigenvalue weighted by Gasteiger charge is 2.15. The van der Waals surface area contributed by atoms with Gasteiger partial charge in [0.2, 0.25) is 0 Å². The molecule has 192 valence electrons. The van der Waals surface area contributed by atoms with Crippen LogP contribution >= 0.6 is 0 Å². The summed E-state index contributed by atoms with van der Waals surface area (Å²) in [7, 11) is 0. The van der Waals surface area contributed by atoms with Crippen molar-refractivity contribution in [3.8, 4) is 23.0 Å². The van der Waals surface area contributed by atoms with Crippen LogP contribution in [0.3, 0.4) is 0 Å². The molecule has 0 aliphatic rings. The molecule has 0 fully saturated rings. The van der Waals surface area contributed by atoms with Gasteiger partial charge in [0.25, 0.3) is 11.6 Å². The summed E-state index contributed by atoms with van der Waals surface area (Å²) in [5, 5.41) is 14.7. The number of nitro benzene ring substituents is 1. The van der Waals surface area contributed by atoms with Crippen LogP contribution in [0, 0.1) is 10.1 Å². The highest BCUT2D eigenvalue weighted by atomic mass is 16.6. The van der Waals surface area contributed by atoms with Gasteiger partial charge in [-0.05, 0) is 61.9 Å². The largest absolute Gasteiger partial charge is 0.490 e. The maximum absolute atomic E-state index is 12.5. The Morgan fingerprint density at radius 1 is 0.892 bits per heavy atom. The lowest BCUT2D eigenvalue weighted by molar-refractivity contribution is -0.384. The average Bonchev–Trinajstić information content (AvgIpc) is 2.90. The van der Waals surface area contributed by atoms with Crippen molar-refractivity contribution < 1.29 is 33.5 Å². The van der Waals surface area contributed by atoms with E-state index in [-0.39, 0.29) is 29.4 Å². The minimum absolute atomic E-state index is 0.135. The first-order chi connectivity index (χ1) is 17.9. The molecule has 0 heterocycles. The minimum atomic E-state index is -0.699. The average molecular weight is 507 g/mol. The van der Waals surface area contributed by atoms with Gasteiger partial charge in [0.1, 0.15) is 0 Å². The van der Waals surface area contributed by atoms with Crippen LogP contribution in [0.1, 0.15) is 29.8 Å². The molecule has 0 saturated carbocycles. The summed E-state index contributed by atoms with van der Waals surface area (Å²) < 4.78 is 21.9. The number of hydrazone groups is 1. The van der Waals surface area contributed by atoms with Crippen LogP contribution in [-0.2, 0) is 4.79 Å². The lowest BCUT2D eigenvalue weighted by Gasteiger charge is -2.11. The number of carbonyl (C=O) groups excluding carboxylic acids is 2. The topological polar surface area (TPSA) is 139 Å². The van der Waals surface area contributed by atoms with E-state index in [1.54, 1.807) is 43.3 Å². The molecule has 0 saturated heterocycles. The Bertz CT molecular complexity index is 1280. The Balaban J connectivity index is 1.60. The molecule has 0 aliphatic heterocycles. The number of esters is 1. The summed E-state index contributed by atoms with van der Waals surface area (Å²) in [5.41, 5.74) is 2.96. The summed E-state index contributed by atoms with van der Waals surface area (Å²) >= 11 is 0. The zero-order valence-electron chi connectivity index (χ0n) is 20.2. The molecule has 1 N–H and O–H groups in total. The number of hydrogen-bond acceptors (Lipinski definition) is 9. The molecule has 0 spiro atoms. The molecular formula is C26H25N3O8. The van der Waals surface area contributed by atoms with Crippen LogP contribution in [0.5, 0.6) is 23.0 Å². The number of para-hydroxylation sites is 2. The molecule has 1 amide bonds. The second-order valence-electron chi connectivity index (χ2n) is 7.29. The van der Waals surface area contributed by atoms with Crippen LogP contribution in [0.25, 0.3) is 0 Å². The van der Waals surface area contributed by atoms with Crippen molar-refractivity contribution in [3.63, 3.8) is 0 Å². The van der Waals surface area contributed by atoms with E-state index in [9.17, 15) is 19.7 Å². The molecular weight excluding hydrogens is 482 g/mol. The van der Waals surface area contributed by atoms with Crippen molar-refractivity contribution in [1.29, 1.82) is 0 Å². The number of nitrogens with zero attached hydrogens (tertiary/aromatic N) is 2. The molecule has 0 unspecified atom stereocenters. The van der Waals surface area contributed by atoms with E-state index in [0.29, 0.717) is 30.3 Å². The van der Waals surface area contributed by atoms with Gasteiger partial charge in [-0.25, -0.2) is 10.2 Å². The third-order valence-corrected chi connectivity index (χ3v) is 4.69. The maximum atomic E-state index is 12.5. The fourth-order valence-corrected chi connectivity index (χ4v) is 3.03. The Kier molecular flexibility index (Phi) is 9.54. The summed E-state index contributed by atoms with van der Waals surface area (Å²) in [4.78, 5) is 34.8. The number of amides is 1. The van der Waals surface area contributed by atoms with Crippen molar-refractivity contribution >= 4 is 23.8 Å². The van der Waals surface area contributed by atoms with Gasteiger partial charge in [0, 0.05) is 12.1 Å². The Morgan fingerprint density at radius 3 is 2.19 bits per heavy atom. The number of ether oxygens (including phenoxy) is 4. The number of carbonyl (C=O) groups is 2. The third kappa shape index (κ3) is 7.79. The van der Waals surface area contributed by atoms with Crippen molar-refractivity contribution in [2.45, 2.75) is 13.8 Å². The molecule has 0 aromatic heterocycles. The smallest absolute Gasteiger partial charge is 0.343 e. The van der Waals surface area contributed by atoms with Gasteiger partial charge in [0.15, 0.2) is 29.6 Å². The molecule has 0 radical (unpaired) electrons. The van der Waals surface area contributed by atoms with Gasteiger partial charge in [0.05, 0.1) is 29.9 Å². The van der Waals surface area contributed by atoms with Gasteiger partial charge in [-0.2, -0.15) is 5.10 Å². The SMILES string of the molecule is CCOc1ccccc1OCC(=O)N/N=C\c1ccc(OC(=O)c2ccc([N+](=O)[O-])cc2)c(OCC)c1. The number of non-ortho nitro benzene ring substituents is 1. The molecule has 11 nitrogen and oxygen atoms in total. The second kappa shape index (κ2) is 13.2. The normalized spacial score (nSPS) is 10.5. The molecule has 37 heavy (non-hydrogen) atoms. The van der Waals surface area contributed by atoms with Gasteiger partial charge < -0.3 is 18.9 Å². The van der Waals surface area contributed by atoms with Gasteiger partial charge in [-0.15, -0.1) is 0 Å². The fraction of sp³-hybridized carbons (Fsp3) is 0.192. The number of hydrogen-bond donors (Lipinski definition) is 1. The Morgan fingerprint density at radius 2 is 1.54 bits per heavy atom. The highest BCUT2D eigenvalue weighted by Crippen LogP contribution is 2.29. The van der Waals surface area contributed by atoms with E-state index in [1.807, 2.05) is 6.92 Å². The maximum Gasteiger partial charge on any atom is 0.343 e. The minimum Gasteiger partial charge on any atom is -0.490 e. The third-order valence-electron chi connectivity index (χ3n) is 4.69. The van der Waals surface area contributed by atoms with Crippen molar-refractivity contribution in [2.24, 2.45) is 5.10 Å². The van der Waals surface area contributed by atoms with Crippen LogP contribution in [-0.4, -0.2) is 42.8 Å². The van der Waals surface area contributed by atoms with Crippen LogP contribution in [0.15, 0.2) is 71.8 Å². The summed E-state index contributed by atoms with van der Waals surface area (Å²) in [5.74, 6) is 0.260. The standard InChI is InChI=1S/C26H25N3O8/c1-3-34-21-7-5-6-8-22(21)36-17-25(30)28-27-16-18-9-14-23(24(15-18)35-4-2)37-26(31)19-10-12-20(13-11-19)29(32)33/h5-16H,3-4,17H2,1-2H3,(H,28,30)/b27-16-. The van der Waals surface area contributed by atoms with Crippen molar-refractivity contribution in [3.05, 3.63) is 88.0 Å². The van der Waals surface area contributed by atoms with Crippen LogP contribution in [0.4, 0.5) is 5.69 Å². The van der Waals surface area contributed by atoms with E-state index in [1.165, 1.54) is 36.5 Å². The fourth-order valence-electron chi connectivity index (χ4n) is 3.03. The number of nitrogens with one attached hydrogen (secondary N) is 1. The highest BCUT2D eigenvalue weighted by molar-refractivity contribution is 5.92. The first kappa shape index (κ1) is 26.7. The monoisotopic (exact) mass is 507 g/mol. The lowest BCUT2D eigenvalue weighted by atomic mass is 10.2. The number of benzene rings is 3. The van der Waals surface area contributed by atoms with Crippen molar-refractivity contribution in [1.82, 2.24) is 5.43 Å². The molecule has 3 aromatic carbocycles. The summed E-state index contributed by atoms with van der Waals surface area (Å²) in [6.45, 7) is 4.13. The molecule has 0 atom stereocenters. The van der Waals surface area contributed by atoms with E-state index >= 15 is 0 Å². The first-order valence-corrected chi connectivity index (χ1v) is 11.3. The van der Waals surface area contributed by atoms with E-state index in [2.05, 4.69) is 10.5 Å². The van der Waals surface area contributed by atoms with E-state index in [0.717, 1.165) is 0 Å². The number of rotatable bonds is 12. The zero-order chi connectivity index (χ0) is 26.6. The van der Waals surface area contributed by atoms with Gasteiger partial charge in [-0.1, -0.05) is 12.1 Å². The zero-order valence-corrected chi connectivity index (χ0v) is 20.2. The number of nitro groups is 1. The molecule has 3 rings (SSSR count). The van der Waals surface area contributed by atoms with Crippen molar-refractivity contribution in [2.75, 3.05) is 19.8 Å². The first-order valence-electron chi connectivity index (χ1n) is 11.3. The quantitative estimate of drug-likeness (QED) is 0.127. The van der Waals surface area contributed by atoms with Gasteiger partial charge in [-0.3, -0.25) is 14.9 Å². The molecule has 0 bridgehead atoms. The van der Waals surface area contributed by atoms with E-state index in [4.69, 9.17) is 18.9 Å².